The van der Waals surface area contributed by atoms with Crippen molar-refractivity contribution < 1.29 is 9.72 Å². The highest BCUT2D eigenvalue weighted by Crippen LogP contribution is 2.24. The van der Waals surface area contributed by atoms with Crippen molar-refractivity contribution in [3.63, 3.8) is 0 Å². The van der Waals surface area contributed by atoms with Crippen LogP contribution < -0.4 is 5.32 Å². The van der Waals surface area contributed by atoms with Crippen molar-refractivity contribution in [2.45, 2.75) is 19.9 Å². The number of benzene rings is 1. The molecule has 1 aliphatic rings. The van der Waals surface area contributed by atoms with Gasteiger partial charge >= 0.3 is 0 Å². The smallest absolute Gasteiger partial charge is 0.269 e. The predicted octanol–water partition coefficient (Wildman–Crippen LogP) is 2.03. The Kier molecular flexibility index (Phi) is 4.37. The second-order valence-electron chi connectivity index (χ2n) is 5.28. The zero-order valence-electron chi connectivity index (χ0n) is 12.4. The zero-order valence-corrected chi connectivity index (χ0v) is 12.4. The molecule has 6 nitrogen and oxygen atoms in total. The number of carbonyl (C=O) groups excluding carboxylic acids is 1. The summed E-state index contributed by atoms with van der Waals surface area (Å²) in [7, 11) is 1.72. The molecule has 0 radical (unpaired) electrons. The summed E-state index contributed by atoms with van der Waals surface area (Å²) in [5, 5.41) is 13.9. The first-order chi connectivity index (χ1) is 9.91. The average molecular weight is 289 g/mol. The summed E-state index contributed by atoms with van der Waals surface area (Å²) in [6, 6.07) is 6.19. The number of rotatable bonds is 4. The van der Waals surface area contributed by atoms with Gasteiger partial charge in [0, 0.05) is 37.8 Å². The first kappa shape index (κ1) is 15.2. The Hall–Kier alpha value is -2.21. The lowest BCUT2D eigenvalue weighted by Gasteiger charge is -2.28. The van der Waals surface area contributed by atoms with E-state index >= 15 is 0 Å². The van der Waals surface area contributed by atoms with Gasteiger partial charge in [-0.3, -0.25) is 14.9 Å². The largest absolute Gasteiger partial charge is 0.335 e. The highest BCUT2D eigenvalue weighted by Gasteiger charge is 2.23. The average Bonchev–Trinajstić information content (AvgIpc) is 2.43. The van der Waals surface area contributed by atoms with E-state index < -0.39 is 4.92 Å². The number of amides is 1. The van der Waals surface area contributed by atoms with Crippen LogP contribution in [0.2, 0.25) is 0 Å². The van der Waals surface area contributed by atoms with Crippen LogP contribution in [0.15, 0.2) is 35.4 Å². The van der Waals surface area contributed by atoms with Crippen LogP contribution in [-0.2, 0) is 4.79 Å². The van der Waals surface area contributed by atoms with Gasteiger partial charge in [-0.1, -0.05) is 12.1 Å². The fraction of sp³-hybridized carbons (Fsp3) is 0.400. The van der Waals surface area contributed by atoms with E-state index in [-0.39, 0.29) is 17.6 Å². The van der Waals surface area contributed by atoms with Crippen molar-refractivity contribution in [1.82, 2.24) is 10.2 Å². The Balaban J connectivity index is 2.19. The molecule has 6 heteroatoms. The third-order valence-corrected chi connectivity index (χ3v) is 3.99. The molecule has 1 aliphatic heterocycles. The Morgan fingerprint density at radius 2 is 2.10 bits per heavy atom. The lowest BCUT2D eigenvalue weighted by Crippen LogP contribution is -2.38. The van der Waals surface area contributed by atoms with Crippen LogP contribution in [0.1, 0.15) is 25.5 Å². The fourth-order valence-electron chi connectivity index (χ4n) is 2.23. The maximum Gasteiger partial charge on any atom is 0.269 e. The molecule has 1 atom stereocenters. The minimum absolute atomic E-state index is 0.0366. The number of nitrogens with one attached hydrogen (secondary N) is 1. The van der Waals surface area contributed by atoms with Crippen molar-refractivity contribution in [3.05, 3.63) is 51.1 Å². The topological polar surface area (TPSA) is 75.5 Å². The second-order valence-corrected chi connectivity index (χ2v) is 5.28. The van der Waals surface area contributed by atoms with Crippen molar-refractivity contribution >= 4 is 11.6 Å². The molecular formula is C15H19N3O3. The van der Waals surface area contributed by atoms with Crippen molar-refractivity contribution in [1.29, 1.82) is 0 Å². The number of carbonyl (C=O) groups is 1. The van der Waals surface area contributed by atoms with E-state index in [4.69, 9.17) is 0 Å². The van der Waals surface area contributed by atoms with Crippen LogP contribution in [0.25, 0.3) is 0 Å². The molecule has 21 heavy (non-hydrogen) atoms. The molecule has 0 aromatic heterocycles. The highest BCUT2D eigenvalue weighted by atomic mass is 16.6. The summed E-state index contributed by atoms with van der Waals surface area (Å²) < 4.78 is 0. The molecule has 1 heterocycles. The van der Waals surface area contributed by atoms with E-state index in [0.717, 1.165) is 29.8 Å². The van der Waals surface area contributed by atoms with Gasteiger partial charge in [0.25, 0.3) is 5.69 Å². The minimum atomic E-state index is -0.425. The van der Waals surface area contributed by atoms with Crippen LogP contribution in [0, 0.1) is 10.1 Å². The SMILES string of the molecule is CC(C(=O)N(C)C(C)c1cccc([N+](=O)[O-])c1)=C1CNC1. The summed E-state index contributed by atoms with van der Waals surface area (Å²) in [5.41, 5.74) is 2.68. The van der Waals surface area contributed by atoms with Gasteiger partial charge in [-0.2, -0.15) is 0 Å². The molecule has 0 spiro atoms. The van der Waals surface area contributed by atoms with E-state index in [9.17, 15) is 14.9 Å². The van der Waals surface area contributed by atoms with Crippen LogP contribution in [-0.4, -0.2) is 35.9 Å². The monoisotopic (exact) mass is 289 g/mol. The summed E-state index contributed by atoms with van der Waals surface area (Å²) in [5.74, 6) is -0.0366. The molecule has 1 fully saturated rings. The van der Waals surface area contributed by atoms with Gasteiger partial charge in [-0.25, -0.2) is 0 Å². The first-order valence-corrected chi connectivity index (χ1v) is 6.82. The minimum Gasteiger partial charge on any atom is -0.335 e. The molecule has 2 rings (SSSR count). The Labute approximate surface area is 123 Å². The molecule has 1 unspecified atom stereocenters. The molecule has 1 aromatic carbocycles. The van der Waals surface area contributed by atoms with E-state index in [1.807, 2.05) is 13.8 Å². The fourth-order valence-corrected chi connectivity index (χ4v) is 2.23. The Morgan fingerprint density at radius 1 is 1.43 bits per heavy atom. The highest BCUT2D eigenvalue weighted by molar-refractivity contribution is 5.94. The van der Waals surface area contributed by atoms with Gasteiger partial charge in [0.2, 0.25) is 5.91 Å². The van der Waals surface area contributed by atoms with Gasteiger partial charge in [0.1, 0.15) is 0 Å². The van der Waals surface area contributed by atoms with Gasteiger partial charge in [-0.05, 0) is 25.0 Å². The number of hydrogen-bond acceptors (Lipinski definition) is 4. The van der Waals surface area contributed by atoms with Crippen molar-refractivity contribution in [3.8, 4) is 0 Å². The maximum absolute atomic E-state index is 12.4. The number of non-ortho nitro benzene ring substituents is 1. The number of likely N-dealkylation sites (N-methyl/N-ethyl adjacent to an activating group) is 1. The lowest BCUT2D eigenvalue weighted by atomic mass is 10.0. The molecular weight excluding hydrogens is 270 g/mol. The molecule has 112 valence electrons. The van der Waals surface area contributed by atoms with E-state index in [1.165, 1.54) is 12.1 Å². The number of nitrogens with zero attached hydrogens (tertiary/aromatic N) is 2. The molecule has 1 amide bonds. The molecule has 0 bridgehead atoms. The van der Waals surface area contributed by atoms with Crippen LogP contribution in [0.4, 0.5) is 5.69 Å². The molecule has 1 N–H and O–H groups in total. The standard InChI is InChI=1S/C15H19N3O3/c1-10(13-8-16-9-13)15(19)17(3)11(2)12-5-4-6-14(7-12)18(20)21/h4-7,11,16H,8-9H2,1-3H3. The van der Waals surface area contributed by atoms with E-state index in [0.29, 0.717) is 0 Å². The maximum atomic E-state index is 12.4. The predicted molar refractivity (Wildman–Crippen MR) is 79.9 cm³/mol. The Bertz CT molecular complexity index is 604. The third kappa shape index (κ3) is 3.11. The summed E-state index contributed by atoms with van der Waals surface area (Å²) in [6.45, 7) is 5.22. The summed E-state index contributed by atoms with van der Waals surface area (Å²) >= 11 is 0. The number of hydrogen-bond donors (Lipinski definition) is 1. The van der Waals surface area contributed by atoms with Crippen molar-refractivity contribution in [2.24, 2.45) is 0 Å². The summed E-state index contributed by atoms with van der Waals surface area (Å²) in [6.07, 6.45) is 0. The molecule has 1 aromatic rings. The van der Waals surface area contributed by atoms with Gasteiger partial charge < -0.3 is 10.2 Å². The summed E-state index contributed by atoms with van der Waals surface area (Å²) in [4.78, 5) is 24.5. The Morgan fingerprint density at radius 3 is 2.62 bits per heavy atom. The lowest BCUT2D eigenvalue weighted by molar-refractivity contribution is -0.384. The molecule has 1 saturated heterocycles. The zero-order chi connectivity index (χ0) is 15.6. The number of nitro benzene ring substituents is 1. The molecule has 0 aliphatic carbocycles. The second kappa shape index (κ2) is 6.05. The van der Waals surface area contributed by atoms with Crippen LogP contribution >= 0.6 is 0 Å². The quantitative estimate of drug-likeness (QED) is 0.523. The van der Waals surface area contributed by atoms with E-state index in [2.05, 4.69) is 5.32 Å². The number of nitro groups is 1. The van der Waals surface area contributed by atoms with Crippen LogP contribution in [0.3, 0.4) is 0 Å². The van der Waals surface area contributed by atoms with Gasteiger partial charge in [0.05, 0.1) is 11.0 Å². The van der Waals surface area contributed by atoms with Gasteiger partial charge in [-0.15, -0.1) is 0 Å². The molecule has 0 saturated carbocycles. The first-order valence-electron chi connectivity index (χ1n) is 6.82. The van der Waals surface area contributed by atoms with E-state index in [1.54, 1.807) is 24.1 Å². The van der Waals surface area contributed by atoms with Crippen molar-refractivity contribution in [2.75, 3.05) is 20.1 Å². The normalized spacial score (nSPS) is 15.1. The van der Waals surface area contributed by atoms with Gasteiger partial charge in [0.15, 0.2) is 0 Å². The van der Waals surface area contributed by atoms with Crippen LogP contribution in [0.5, 0.6) is 0 Å². The third-order valence-electron chi connectivity index (χ3n) is 3.99.